The minimum atomic E-state index is -3.59. The van der Waals surface area contributed by atoms with Crippen molar-refractivity contribution >= 4 is 54.4 Å². The van der Waals surface area contributed by atoms with Crippen molar-refractivity contribution in [3.63, 3.8) is 0 Å². The van der Waals surface area contributed by atoms with Crippen LogP contribution >= 0.6 is 23.1 Å². The van der Waals surface area contributed by atoms with Gasteiger partial charge in [-0.3, -0.25) is 10.1 Å². The van der Waals surface area contributed by atoms with E-state index in [0.29, 0.717) is 17.2 Å². The first-order chi connectivity index (χ1) is 15.4. The van der Waals surface area contributed by atoms with Crippen molar-refractivity contribution in [3.05, 3.63) is 48.0 Å². The minimum Gasteiger partial charge on any atom is -0.298 e. The molecule has 2 aromatic carbocycles. The van der Waals surface area contributed by atoms with Gasteiger partial charge in [0.1, 0.15) is 0 Å². The number of rotatable bonds is 7. The first kappa shape index (κ1) is 23.2. The quantitative estimate of drug-likeness (QED) is 0.436. The Bertz CT molecular complexity index is 1200. The van der Waals surface area contributed by atoms with Gasteiger partial charge in [-0.1, -0.05) is 43.6 Å². The largest absolute Gasteiger partial charge is 0.298 e. The van der Waals surface area contributed by atoms with E-state index >= 15 is 0 Å². The Labute approximate surface area is 197 Å². The van der Waals surface area contributed by atoms with Gasteiger partial charge in [0.25, 0.3) is 5.91 Å². The van der Waals surface area contributed by atoms with Crippen LogP contribution in [0.4, 0.5) is 5.13 Å². The van der Waals surface area contributed by atoms with Gasteiger partial charge < -0.3 is 0 Å². The maximum atomic E-state index is 13.2. The zero-order valence-corrected chi connectivity index (χ0v) is 20.7. The molecule has 0 unspecified atom stereocenters. The molecular formula is C23H27N3O3S3. The molecule has 1 saturated carbocycles. The van der Waals surface area contributed by atoms with Crippen LogP contribution in [0, 0.1) is 0 Å². The zero-order chi connectivity index (χ0) is 22.7. The second-order valence-electron chi connectivity index (χ2n) is 7.80. The summed E-state index contributed by atoms with van der Waals surface area (Å²) in [5, 5.41) is 3.37. The van der Waals surface area contributed by atoms with Crippen LogP contribution < -0.4 is 5.32 Å². The van der Waals surface area contributed by atoms with E-state index in [0.717, 1.165) is 40.8 Å². The van der Waals surface area contributed by atoms with Crippen molar-refractivity contribution in [3.8, 4) is 0 Å². The average Bonchev–Trinajstić information content (AvgIpc) is 3.22. The topological polar surface area (TPSA) is 79.4 Å². The number of carbonyl (C=O) groups is 1. The summed E-state index contributed by atoms with van der Waals surface area (Å²) in [4.78, 5) is 18.6. The number of nitrogens with zero attached hydrogens (tertiary/aromatic N) is 2. The Kier molecular flexibility index (Phi) is 7.19. The lowest BCUT2D eigenvalue weighted by Gasteiger charge is -2.32. The van der Waals surface area contributed by atoms with Crippen LogP contribution in [0.15, 0.2) is 52.3 Å². The van der Waals surface area contributed by atoms with E-state index < -0.39 is 10.0 Å². The van der Waals surface area contributed by atoms with Crippen LogP contribution in [0.1, 0.15) is 49.4 Å². The number of hydrogen-bond donors (Lipinski definition) is 1. The van der Waals surface area contributed by atoms with Gasteiger partial charge in [0.15, 0.2) is 5.13 Å². The van der Waals surface area contributed by atoms with Gasteiger partial charge in [-0.05, 0) is 55.5 Å². The third kappa shape index (κ3) is 4.71. The van der Waals surface area contributed by atoms with Crippen LogP contribution in [0.2, 0.25) is 0 Å². The number of aromatic nitrogens is 1. The minimum absolute atomic E-state index is 0.0620. The molecule has 1 aliphatic carbocycles. The molecule has 9 heteroatoms. The summed E-state index contributed by atoms with van der Waals surface area (Å²) in [6.45, 7) is 2.33. The van der Waals surface area contributed by atoms with Crippen molar-refractivity contribution in [2.75, 3.05) is 18.1 Å². The molecule has 170 valence electrons. The number of para-hydroxylation sites is 1. The zero-order valence-electron chi connectivity index (χ0n) is 18.2. The number of carbonyl (C=O) groups excluding carboxylic acids is 1. The molecule has 32 heavy (non-hydrogen) atoms. The Morgan fingerprint density at radius 1 is 1.16 bits per heavy atom. The van der Waals surface area contributed by atoms with E-state index in [1.54, 1.807) is 28.2 Å². The molecule has 0 saturated heterocycles. The fourth-order valence-corrected chi connectivity index (χ4v) is 7.43. The average molecular weight is 490 g/mol. The van der Waals surface area contributed by atoms with Crippen LogP contribution in [0.5, 0.6) is 0 Å². The van der Waals surface area contributed by atoms with Crippen molar-refractivity contribution < 1.29 is 13.2 Å². The number of amides is 1. The van der Waals surface area contributed by atoms with E-state index in [9.17, 15) is 13.2 Å². The van der Waals surface area contributed by atoms with Crippen LogP contribution in [0.3, 0.4) is 0 Å². The second kappa shape index (κ2) is 9.91. The lowest BCUT2D eigenvalue weighted by atomic mass is 9.95. The summed E-state index contributed by atoms with van der Waals surface area (Å²) < 4.78 is 29.0. The van der Waals surface area contributed by atoms with E-state index in [1.165, 1.54) is 29.9 Å². The number of thioether (sulfide) groups is 1. The van der Waals surface area contributed by atoms with E-state index in [2.05, 4.69) is 10.3 Å². The third-order valence-corrected chi connectivity index (χ3v) is 9.59. The van der Waals surface area contributed by atoms with Crippen LogP contribution in [0.25, 0.3) is 10.2 Å². The molecule has 0 bridgehead atoms. The predicted molar refractivity (Wildman–Crippen MR) is 132 cm³/mol. The molecule has 0 atom stereocenters. The highest BCUT2D eigenvalue weighted by Gasteiger charge is 2.31. The molecule has 6 nitrogen and oxygen atoms in total. The van der Waals surface area contributed by atoms with Crippen molar-refractivity contribution in [1.82, 2.24) is 9.29 Å². The standard InChI is InChI=1S/C23H27N3O3S3/c1-3-26(17-8-5-4-6-9-17)32(28,29)18-14-12-16(13-15-18)22(27)25-23-24-21-19(30-2)10-7-11-20(21)31-23/h7,10-15,17H,3-6,8-9H2,1-2H3,(H,24,25,27). The smallest absolute Gasteiger partial charge is 0.257 e. The normalized spacial score (nSPS) is 15.3. The molecule has 1 amide bonds. The van der Waals surface area contributed by atoms with Crippen molar-refractivity contribution in [1.29, 1.82) is 0 Å². The van der Waals surface area contributed by atoms with Gasteiger partial charge >= 0.3 is 0 Å². The molecule has 0 spiro atoms. The third-order valence-electron chi connectivity index (χ3n) is 5.84. The second-order valence-corrected chi connectivity index (χ2v) is 11.6. The highest BCUT2D eigenvalue weighted by Crippen LogP contribution is 2.32. The number of sulfonamides is 1. The van der Waals surface area contributed by atoms with Crippen molar-refractivity contribution in [2.24, 2.45) is 0 Å². The summed E-state index contributed by atoms with van der Waals surface area (Å²) in [5.74, 6) is -0.307. The number of hydrogen-bond acceptors (Lipinski definition) is 6. The first-order valence-corrected chi connectivity index (χ1v) is 14.3. The summed E-state index contributed by atoms with van der Waals surface area (Å²) in [6.07, 6.45) is 7.13. The fourth-order valence-electron chi connectivity index (χ4n) is 4.22. The molecule has 1 fully saturated rings. The molecular weight excluding hydrogens is 462 g/mol. The Balaban J connectivity index is 1.51. The Morgan fingerprint density at radius 3 is 2.53 bits per heavy atom. The predicted octanol–water partition coefficient (Wildman–Crippen LogP) is 5.61. The fraction of sp³-hybridized carbons (Fsp3) is 0.391. The molecule has 1 heterocycles. The first-order valence-electron chi connectivity index (χ1n) is 10.8. The van der Waals surface area contributed by atoms with Gasteiger partial charge in [0.2, 0.25) is 10.0 Å². The number of benzene rings is 2. The maximum Gasteiger partial charge on any atom is 0.257 e. The lowest BCUT2D eigenvalue weighted by molar-refractivity contribution is 0.102. The molecule has 1 aromatic heterocycles. The molecule has 0 radical (unpaired) electrons. The van der Waals surface area contributed by atoms with Gasteiger partial charge in [-0.2, -0.15) is 4.31 Å². The van der Waals surface area contributed by atoms with Gasteiger partial charge in [-0.25, -0.2) is 13.4 Å². The molecule has 1 N–H and O–H groups in total. The van der Waals surface area contributed by atoms with Crippen LogP contribution in [-0.4, -0.2) is 42.5 Å². The van der Waals surface area contributed by atoms with Gasteiger partial charge in [0.05, 0.1) is 15.1 Å². The number of anilines is 1. The Morgan fingerprint density at radius 2 is 1.88 bits per heavy atom. The number of fused-ring (bicyclic) bond motifs is 1. The summed E-state index contributed by atoms with van der Waals surface area (Å²) >= 11 is 3.04. The lowest BCUT2D eigenvalue weighted by Crippen LogP contribution is -2.41. The van der Waals surface area contributed by atoms with E-state index in [1.807, 2.05) is 31.4 Å². The number of thiazole rings is 1. The molecule has 4 rings (SSSR count). The van der Waals surface area contributed by atoms with E-state index in [-0.39, 0.29) is 16.8 Å². The summed E-state index contributed by atoms with van der Waals surface area (Å²) in [5.41, 5.74) is 1.28. The number of nitrogens with one attached hydrogen (secondary N) is 1. The van der Waals surface area contributed by atoms with E-state index in [4.69, 9.17) is 0 Å². The van der Waals surface area contributed by atoms with Crippen molar-refractivity contribution in [2.45, 2.75) is 54.9 Å². The van der Waals surface area contributed by atoms with Gasteiger partial charge in [0, 0.05) is 23.0 Å². The Hall–Kier alpha value is -1.94. The molecule has 3 aromatic rings. The molecule has 1 aliphatic rings. The summed E-state index contributed by atoms with van der Waals surface area (Å²) in [6, 6.07) is 12.2. The summed E-state index contributed by atoms with van der Waals surface area (Å²) in [7, 11) is -3.59. The van der Waals surface area contributed by atoms with Gasteiger partial charge in [-0.15, -0.1) is 11.8 Å². The monoisotopic (exact) mass is 489 g/mol. The van der Waals surface area contributed by atoms with Crippen LogP contribution in [-0.2, 0) is 10.0 Å². The SMILES string of the molecule is CCN(C1CCCCC1)S(=O)(=O)c1ccc(C(=O)Nc2nc3c(SC)cccc3s2)cc1. The maximum absolute atomic E-state index is 13.2. The highest BCUT2D eigenvalue weighted by molar-refractivity contribution is 7.98. The highest BCUT2D eigenvalue weighted by atomic mass is 32.2. The molecule has 0 aliphatic heterocycles.